The van der Waals surface area contributed by atoms with Crippen molar-refractivity contribution in [3.05, 3.63) is 83.7 Å². The van der Waals surface area contributed by atoms with Crippen molar-refractivity contribution in [3.8, 4) is 0 Å². The van der Waals surface area contributed by atoms with Crippen LogP contribution in [0.4, 0.5) is 5.69 Å². The number of thioether (sulfide) groups is 1. The number of rotatable bonds is 11. The number of allylic oxidation sites excluding steroid dienone is 1. The number of anilines is 1. The van der Waals surface area contributed by atoms with Crippen LogP contribution in [0.15, 0.2) is 66.3 Å². The molecule has 0 unspecified atom stereocenters. The third-order valence-electron chi connectivity index (χ3n) is 5.12. The standard InChI is InChI=1S/C26H29N5O4S/c1-5-15-31-23(18(4)27-24(33)19-9-7-17(3)8-10-19)29-30-26(31)36-16-22(32)28-21-13-11-20(12-14-21)25(34)35-6-2/h5,7-14,18H,1,6,15-16H2,2-4H3,(H,27,33)(H,28,32)/t18-/m1/s1. The second-order valence-electron chi connectivity index (χ2n) is 7.94. The summed E-state index contributed by atoms with van der Waals surface area (Å²) in [5.74, 6) is -0.197. The number of hydrogen-bond donors (Lipinski definition) is 2. The van der Waals surface area contributed by atoms with Crippen LogP contribution in [0.5, 0.6) is 0 Å². The molecule has 0 bridgehead atoms. The quantitative estimate of drug-likeness (QED) is 0.227. The summed E-state index contributed by atoms with van der Waals surface area (Å²) in [5, 5.41) is 14.7. The first-order valence-corrected chi connectivity index (χ1v) is 12.4. The number of carbonyl (C=O) groups excluding carboxylic acids is 3. The molecule has 36 heavy (non-hydrogen) atoms. The van der Waals surface area contributed by atoms with Gasteiger partial charge in [0.25, 0.3) is 5.91 Å². The molecular weight excluding hydrogens is 478 g/mol. The number of benzene rings is 2. The molecule has 0 aliphatic rings. The average Bonchev–Trinajstić information content (AvgIpc) is 3.26. The Morgan fingerprint density at radius 2 is 1.75 bits per heavy atom. The van der Waals surface area contributed by atoms with E-state index in [-0.39, 0.29) is 17.6 Å². The third kappa shape index (κ3) is 7.05. The molecule has 10 heteroatoms. The molecular formula is C26H29N5O4S. The Hall–Kier alpha value is -3.92. The Bertz CT molecular complexity index is 1220. The molecule has 2 amide bonds. The first kappa shape index (κ1) is 26.7. The van der Waals surface area contributed by atoms with Gasteiger partial charge in [0.1, 0.15) is 0 Å². The summed E-state index contributed by atoms with van der Waals surface area (Å²) in [4.78, 5) is 36.9. The van der Waals surface area contributed by atoms with Gasteiger partial charge in [0.15, 0.2) is 11.0 Å². The maximum absolute atomic E-state index is 12.6. The highest BCUT2D eigenvalue weighted by atomic mass is 32.2. The van der Waals surface area contributed by atoms with Crippen LogP contribution in [0.1, 0.15) is 52.0 Å². The maximum Gasteiger partial charge on any atom is 0.338 e. The summed E-state index contributed by atoms with van der Waals surface area (Å²) >= 11 is 1.23. The minimum atomic E-state index is -0.410. The van der Waals surface area contributed by atoms with Gasteiger partial charge in [0.2, 0.25) is 5.91 Å². The fourth-order valence-electron chi connectivity index (χ4n) is 3.31. The molecule has 0 radical (unpaired) electrons. The lowest BCUT2D eigenvalue weighted by atomic mass is 10.1. The topological polar surface area (TPSA) is 115 Å². The van der Waals surface area contributed by atoms with Crippen molar-refractivity contribution in [1.29, 1.82) is 0 Å². The Balaban J connectivity index is 1.61. The molecule has 0 saturated carbocycles. The smallest absolute Gasteiger partial charge is 0.338 e. The van der Waals surface area contributed by atoms with E-state index < -0.39 is 12.0 Å². The lowest BCUT2D eigenvalue weighted by Crippen LogP contribution is -2.28. The van der Waals surface area contributed by atoms with Gasteiger partial charge in [0, 0.05) is 17.8 Å². The van der Waals surface area contributed by atoms with E-state index in [2.05, 4.69) is 27.4 Å². The van der Waals surface area contributed by atoms with Gasteiger partial charge in [-0.3, -0.25) is 9.59 Å². The van der Waals surface area contributed by atoms with Crippen LogP contribution in [0, 0.1) is 6.92 Å². The molecule has 0 aliphatic carbocycles. The second-order valence-corrected chi connectivity index (χ2v) is 8.88. The highest BCUT2D eigenvalue weighted by Gasteiger charge is 2.20. The van der Waals surface area contributed by atoms with Crippen LogP contribution >= 0.6 is 11.8 Å². The van der Waals surface area contributed by atoms with Crippen LogP contribution in [0.3, 0.4) is 0 Å². The van der Waals surface area contributed by atoms with E-state index in [0.29, 0.717) is 40.9 Å². The molecule has 1 atom stereocenters. The molecule has 9 nitrogen and oxygen atoms in total. The predicted octanol–water partition coefficient (Wildman–Crippen LogP) is 4.17. The molecule has 1 aromatic heterocycles. The molecule has 3 aromatic rings. The van der Waals surface area contributed by atoms with Crippen molar-refractivity contribution in [2.24, 2.45) is 0 Å². The Morgan fingerprint density at radius 3 is 2.39 bits per heavy atom. The van der Waals surface area contributed by atoms with Crippen LogP contribution in [-0.2, 0) is 16.1 Å². The van der Waals surface area contributed by atoms with E-state index in [9.17, 15) is 14.4 Å². The average molecular weight is 508 g/mol. The van der Waals surface area contributed by atoms with Crippen molar-refractivity contribution >= 4 is 35.2 Å². The maximum atomic E-state index is 12.6. The summed E-state index contributed by atoms with van der Waals surface area (Å²) in [6.45, 7) is 10.0. The van der Waals surface area contributed by atoms with Crippen molar-refractivity contribution in [2.75, 3.05) is 17.7 Å². The molecule has 1 heterocycles. The van der Waals surface area contributed by atoms with Gasteiger partial charge < -0.3 is 19.9 Å². The lowest BCUT2D eigenvalue weighted by Gasteiger charge is -2.15. The molecule has 2 N–H and O–H groups in total. The molecule has 188 valence electrons. The van der Waals surface area contributed by atoms with Crippen molar-refractivity contribution < 1.29 is 19.1 Å². The number of nitrogens with zero attached hydrogens (tertiary/aromatic N) is 3. The third-order valence-corrected chi connectivity index (χ3v) is 6.08. The fraction of sp³-hybridized carbons (Fsp3) is 0.269. The SMILES string of the molecule is C=CCn1c(SCC(=O)Nc2ccc(C(=O)OCC)cc2)nnc1[C@@H](C)NC(=O)c1ccc(C)cc1. The molecule has 3 rings (SSSR count). The monoisotopic (exact) mass is 507 g/mol. The zero-order valence-corrected chi connectivity index (χ0v) is 21.3. The first-order chi connectivity index (χ1) is 17.3. The van der Waals surface area contributed by atoms with Crippen molar-refractivity contribution in [2.45, 2.75) is 38.5 Å². The summed E-state index contributed by atoms with van der Waals surface area (Å²) in [7, 11) is 0. The minimum Gasteiger partial charge on any atom is -0.462 e. The summed E-state index contributed by atoms with van der Waals surface area (Å²) in [5.41, 5.74) is 2.61. The number of esters is 1. The normalized spacial score (nSPS) is 11.4. The summed E-state index contributed by atoms with van der Waals surface area (Å²) in [6.07, 6.45) is 1.70. The van der Waals surface area contributed by atoms with Gasteiger partial charge in [0.05, 0.1) is 24.0 Å². The lowest BCUT2D eigenvalue weighted by molar-refractivity contribution is -0.113. The number of nitrogens with one attached hydrogen (secondary N) is 2. The van der Waals surface area contributed by atoms with Crippen LogP contribution < -0.4 is 10.6 Å². The van der Waals surface area contributed by atoms with Crippen LogP contribution in [-0.4, -0.2) is 44.9 Å². The highest BCUT2D eigenvalue weighted by molar-refractivity contribution is 7.99. The van der Waals surface area contributed by atoms with E-state index in [0.717, 1.165) is 5.56 Å². The minimum absolute atomic E-state index is 0.0962. The number of carbonyl (C=O) groups is 3. The zero-order valence-electron chi connectivity index (χ0n) is 20.5. The number of aromatic nitrogens is 3. The molecule has 0 saturated heterocycles. The van der Waals surface area contributed by atoms with Gasteiger partial charge in [-0.1, -0.05) is 35.5 Å². The number of aryl methyl sites for hydroxylation is 1. The first-order valence-electron chi connectivity index (χ1n) is 11.4. The van der Waals surface area contributed by atoms with Gasteiger partial charge in [-0.15, -0.1) is 16.8 Å². The molecule has 0 fully saturated rings. The van der Waals surface area contributed by atoms with E-state index in [1.165, 1.54) is 11.8 Å². The van der Waals surface area contributed by atoms with Gasteiger partial charge in [-0.2, -0.15) is 0 Å². The molecule has 2 aromatic carbocycles. The van der Waals surface area contributed by atoms with Crippen LogP contribution in [0.25, 0.3) is 0 Å². The largest absolute Gasteiger partial charge is 0.462 e. The predicted molar refractivity (Wildman–Crippen MR) is 139 cm³/mol. The van der Waals surface area contributed by atoms with E-state index in [1.54, 1.807) is 49.4 Å². The summed E-state index contributed by atoms with van der Waals surface area (Å²) < 4.78 is 6.78. The molecule has 0 aliphatic heterocycles. The van der Waals surface area contributed by atoms with Crippen molar-refractivity contribution in [1.82, 2.24) is 20.1 Å². The van der Waals surface area contributed by atoms with Crippen molar-refractivity contribution in [3.63, 3.8) is 0 Å². The Kier molecular flexibility index (Phi) is 9.40. The fourth-order valence-corrected chi connectivity index (χ4v) is 4.06. The van der Waals surface area contributed by atoms with E-state index in [1.807, 2.05) is 30.5 Å². The Morgan fingerprint density at radius 1 is 1.08 bits per heavy atom. The Labute approximate surface area is 214 Å². The second kappa shape index (κ2) is 12.7. The highest BCUT2D eigenvalue weighted by Crippen LogP contribution is 2.22. The summed E-state index contributed by atoms with van der Waals surface area (Å²) in [6, 6.07) is 13.4. The van der Waals surface area contributed by atoms with Gasteiger partial charge >= 0.3 is 5.97 Å². The van der Waals surface area contributed by atoms with Gasteiger partial charge in [-0.25, -0.2) is 4.79 Å². The number of amides is 2. The van der Waals surface area contributed by atoms with E-state index in [4.69, 9.17) is 4.74 Å². The molecule has 0 spiro atoms. The van der Waals surface area contributed by atoms with Crippen LogP contribution in [0.2, 0.25) is 0 Å². The zero-order chi connectivity index (χ0) is 26.1. The van der Waals surface area contributed by atoms with E-state index >= 15 is 0 Å². The number of hydrogen-bond acceptors (Lipinski definition) is 7. The number of ether oxygens (including phenoxy) is 1. The van der Waals surface area contributed by atoms with Gasteiger partial charge in [-0.05, 0) is 57.2 Å².